The molecule has 0 heterocycles. The molecule has 1 rings (SSSR count). The van der Waals surface area contributed by atoms with Crippen molar-refractivity contribution in [3.05, 3.63) is 28.3 Å². The van der Waals surface area contributed by atoms with Crippen molar-refractivity contribution in [2.45, 2.75) is 13.3 Å². The average Bonchev–Trinajstić information content (AvgIpc) is 2.41. The number of ether oxygens (including phenoxy) is 2. The molecule has 0 spiro atoms. The number of hydrogen-bond acceptors (Lipinski definition) is 6. The lowest BCUT2D eigenvalue weighted by atomic mass is 10.1. The summed E-state index contributed by atoms with van der Waals surface area (Å²) >= 11 is 0. The summed E-state index contributed by atoms with van der Waals surface area (Å²) in [5.41, 5.74) is -0.238. The Kier molecular flexibility index (Phi) is 6.22. The van der Waals surface area contributed by atoms with Gasteiger partial charge in [0.05, 0.1) is 30.5 Å². The summed E-state index contributed by atoms with van der Waals surface area (Å²) < 4.78 is 32.4. The summed E-state index contributed by atoms with van der Waals surface area (Å²) in [6.07, 6.45) is 0.524. The maximum absolute atomic E-state index is 11.1. The molecular formula is C12H16ClNO6S. The first-order valence-electron chi connectivity index (χ1n) is 6.14. The van der Waals surface area contributed by atoms with E-state index in [1.165, 1.54) is 25.3 Å². The molecule has 0 radical (unpaired) electrons. The van der Waals surface area contributed by atoms with Crippen LogP contribution in [0.15, 0.2) is 18.2 Å². The summed E-state index contributed by atoms with van der Waals surface area (Å²) in [7, 11) is 2.96. The highest BCUT2D eigenvalue weighted by molar-refractivity contribution is 8.13. The molecule has 21 heavy (non-hydrogen) atoms. The van der Waals surface area contributed by atoms with E-state index < -0.39 is 14.0 Å². The minimum atomic E-state index is -3.64. The zero-order chi connectivity index (χ0) is 16.0. The summed E-state index contributed by atoms with van der Waals surface area (Å²) in [6.45, 7) is 1.81. The van der Waals surface area contributed by atoms with Gasteiger partial charge in [-0.05, 0) is 18.6 Å². The van der Waals surface area contributed by atoms with Gasteiger partial charge in [-0.25, -0.2) is 8.42 Å². The molecule has 0 fully saturated rings. The first-order valence-corrected chi connectivity index (χ1v) is 8.62. The van der Waals surface area contributed by atoms with Crippen LogP contribution in [0.1, 0.15) is 13.3 Å². The highest BCUT2D eigenvalue weighted by Crippen LogP contribution is 2.31. The molecular weight excluding hydrogens is 322 g/mol. The Bertz CT molecular complexity index is 604. The molecule has 9 heteroatoms. The molecule has 0 saturated carbocycles. The second kappa shape index (κ2) is 7.46. The Labute approximate surface area is 127 Å². The predicted molar refractivity (Wildman–Crippen MR) is 78.6 cm³/mol. The number of halogens is 1. The van der Waals surface area contributed by atoms with Gasteiger partial charge in [0.15, 0.2) is 5.75 Å². The van der Waals surface area contributed by atoms with E-state index in [0.717, 1.165) is 0 Å². The Balaban J connectivity index is 2.85. The maximum Gasteiger partial charge on any atom is 0.314 e. The van der Waals surface area contributed by atoms with E-state index in [1.807, 2.05) is 0 Å². The zero-order valence-electron chi connectivity index (χ0n) is 11.6. The molecule has 1 atom stereocenters. The molecule has 0 amide bonds. The first-order chi connectivity index (χ1) is 9.76. The molecule has 0 aliphatic rings. The molecule has 7 nitrogen and oxygen atoms in total. The van der Waals surface area contributed by atoms with Crippen LogP contribution in [0.2, 0.25) is 0 Å². The molecule has 1 aromatic carbocycles. The van der Waals surface area contributed by atoms with Gasteiger partial charge in [0.1, 0.15) is 5.75 Å². The SMILES string of the molecule is CCC(COc1ccc(OC)cc1[N+](=O)[O-])CS(=O)(=O)Cl. The van der Waals surface area contributed by atoms with Crippen LogP contribution in [0.4, 0.5) is 5.69 Å². The number of nitro groups is 1. The number of nitrogens with zero attached hydrogens (tertiary/aromatic N) is 1. The van der Waals surface area contributed by atoms with Gasteiger partial charge in [0, 0.05) is 16.6 Å². The summed E-state index contributed by atoms with van der Waals surface area (Å²) in [4.78, 5) is 10.4. The number of hydrogen-bond donors (Lipinski definition) is 0. The molecule has 118 valence electrons. The smallest absolute Gasteiger partial charge is 0.314 e. The number of rotatable bonds is 8. The van der Waals surface area contributed by atoms with Crippen LogP contribution in [0.25, 0.3) is 0 Å². The molecule has 1 unspecified atom stereocenters. The number of methoxy groups -OCH3 is 1. The second-order valence-electron chi connectivity index (χ2n) is 4.38. The van der Waals surface area contributed by atoms with Crippen LogP contribution in [-0.4, -0.2) is 32.8 Å². The van der Waals surface area contributed by atoms with Crippen molar-refractivity contribution in [3.8, 4) is 11.5 Å². The number of benzene rings is 1. The largest absolute Gasteiger partial charge is 0.496 e. The van der Waals surface area contributed by atoms with Gasteiger partial charge in [-0.2, -0.15) is 0 Å². The van der Waals surface area contributed by atoms with E-state index in [2.05, 4.69) is 0 Å². The average molecular weight is 338 g/mol. The fourth-order valence-corrected chi connectivity index (χ4v) is 3.09. The van der Waals surface area contributed by atoms with Gasteiger partial charge in [-0.1, -0.05) is 6.92 Å². The Morgan fingerprint density at radius 2 is 2.10 bits per heavy atom. The van der Waals surface area contributed by atoms with E-state index in [4.69, 9.17) is 20.2 Å². The van der Waals surface area contributed by atoms with E-state index in [9.17, 15) is 18.5 Å². The molecule has 0 bridgehead atoms. The Morgan fingerprint density at radius 1 is 1.43 bits per heavy atom. The molecule has 0 aromatic heterocycles. The van der Waals surface area contributed by atoms with Gasteiger partial charge in [-0.15, -0.1) is 0 Å². The topological polar surface area (TPSA) is 95.7 Å². The monoisotopic (exact) mass is 337 g/mol. The van der Waals surface area contributed by atoms with E-state index in [1.54, 1.807) is 6.92 Å². The van der Waals surface area contributed by atoms with Crippen LogP contribution in [0.3, 0.4) is 0 Å². The van der Waals surface area contributed by atoms with E-state index in [-0.39, 0.29) is 29.7 Å². The van der Waals surface area contributed by atoms with Crippen molar-refractivity contribution in [3.63, 3.8) is 0 Å². The molecule has 0 aliphatic heterocycles. The van der Waals surface area contributed by atoms with Gasteiger partial charge < -0.3 is 9.47 Å². The molecule has 0 N–H and O–H groups in total. The zero-order valence-corrected chi connectivity index (χ0v) is 13.2. The third kappa shape index (κ3) is 5.76. The molecule has 0 aliphatic carbocycles. The van der Waals surface area contributed by atoms with Crippen LogP contribution in [0, 0.1) is 16.0 Å². The third-order valence-corrected chi connectivity index (χ3v) is 4.10. The van der Waals surface area contributed by atoms with Gasteiger partial charge in [0.2, 0.25) is 9.05 Å². The van der Waals surface area contributed by atoms with Gasteiger partial charge >= 0.3 is 5.69 Å². The van der Waals surface area contributed by atoms with Crippen molar-refractivity contribution in [2.75, 3.05) is 19.5 Å². The third-order valence-electron chi connectivity index (χ3n) is 2.85. The lowest BCUT2D eigenvalue weighted by Crippen LogP contribution is -2.19. The maximum atomic E-state index is 11.1. The fraction of sp³-hybridized carbons (Fsp3) is 0.500. The van der Waals surface area contributed by atoms with E-state index >= 15 is 0 Å². The van der Waals surface area contributed by atoms with E-state index in [0.29, 0.717) is 12.2 Å². The summed E-state index contributed by atoms with van der Waals surface area (Å²) in [6, 6.07) is 4.19. The highest BCUT2D eigenvalue weighted by atomic mass is 35.7. The first kappa shape index (κ1) is 17.5. The quantitative estimate of drug-likeness (QED) is 0.411. The van der Waals surface area contributed by atoms with Crippen molar-refractivity contribution in [2.24, 2.45) is 5.92 Å². The molecule has 1 aromatic rings. The Morgan fingerprint density at radius 3 is 2.57 bits per heavy atom. The van der Waals surface area contributed by atoms with Gasteiger partial charge in [-0.3, -0.25) is 10.1 Å². The van der Waals surface area contributed by atoms with Crippen molar-refractivity contribution < 1.29 is 22.8 Å². The second-order valence-corrected chi connectivity index (χ2v) is 7.20. The van der Waals surface area contributed by atoms with Crippen LogP contribution < -0.4 is 9.47 Å². The van der Waals surface area contributed by atoms with Crippen LogP contribution in [-0.2, 0) is 9.05 Å². The normalized spacial score (nSPS) is 12.7. The van der Waals surface area contributed by atoms with Crippen molar-refractivity contribution in [1.82, 2.24) is 0 Å². The van der Waals surface area contributed by atoms with Crippen LogP contribution in [0.5, 0.6) is 11.5 Å². The summed E-state index contributed by atoms with van der Waals surface area (Å²) in [5, 5.41) is 11.0. The van der Waals surface area contributed by atoms with Crippen molar-refractivity contribution in [1.29, 1.82) is 0 Å². The number of nitro benzene ring substituents is 1. The lowest BCUT2D eigenvalue weighted by Gasteiger charge is -2.14. The lowest BCUT2D eigenvalue weighted by molar-refractivity contribution is -0.386. The van der Waals surface area contributed by atoms with Crippen molar-refractivity contribution >= 4 is 25.4 Å². The summed E-state index contributed by atoms with van der Waals surface area (Å²) in [5.74, 6) is -0.181. The highest BCUT2D eigenvalue weighted by Gasteiger charge is 2.20. The fourth-order valence-electron chi connectivity index (χ4n) is 1.66. The van der Waals surface area contributed by atoms with Crippen LogP contribution >= 0.6 is 10.7 Å². The standard InChI is InChI=1S/C12H16ClNO6S/c1-3-9(8-21(13,17)18)7-20-12-5-4-10(19-2)6-11(12)14(15)16/h4-6,9H,3,7-8H2,1-2H3. The predicted octanol–water partition coefficient (Wildman–Crippen LogP) is 2.58. The molecule has 0 saturated heterocycles. The minimum Gasteiger partial charge on any atom is -0.496 e. The Hall–Kier alpha value is -1.54. The minimum absolute atomic E-state index is 0.0234. The van der Waals surface area contributed by atoms with Gasteiger partial charge in [0.25, 0.3) is 0 Å².